The Morgan fingerprint density at radius 3 is 2.74 bits per heavy atom. The van der Waals surface area contributed by atoms with E-state index in [1.54, 1.807) is 18.3 Å². The predicted octanol–water partition coefficient (Wildman–Crippen LogP) is 3.36. The van der Waals surface area contributed by atoms with E-state index in [9.17, 15) is 4.39 Å². The van der Waals surface area contributed by atoms with E-state index in [0.717, 1.165) is 6.42 Å². The fourth-order valence-corrected chi connectivity index (χ4v) is 2.10. The van der Waals surface area contributed by atoms with Gasteiger partial charge >= 0.3 is 0 Å². The lowest BCUT2D eigenvalue weighted by atomic mass is 10.2. The molecule has 1 aromatic carbocycles. The number of hydrogen-bond donors (Lipinski definition) is 1. The van der Waals surface area contributed by atoms with Gasteiger partial charge in [0.1, 0.15) is 16.8 Å². The van der Waals surface area contributed by atoms with E-state index in [4.69, 9.17) is 16.1 Å². The van der Waals surface area contributed by atoms with Gasteiger partial charge in [0, 0.05) is 18.5 Å². The van der Waals surface area contributed by atoms with Crippen molar-refractivity contribution in [2.45, 2.75) is 12.8 Å². The second-order valence-corrected chi connectivity index (χ2v) is 5.16. The van der Waals surface area contributed by atoms with Crippen molar-refractivity contribution in [3.05, 3.63) is 53.5 Å². The van der Waals surface area contributed by atoms with Crippen LogP contribution >= 0.6 is 11.6 Å². The molecule has 0 saturated carbocycles. The lowest BCUT2D eigenvalue weighted by molar-refractivity contribution is 0.377. The number of nitrogens with one attached hydrogen (secondary N) is 1. The molecule has 23 heavy (non-hydrogen) atoms. The molecule has 2 heterocycles. The number of halogens is 2. The van der Waals surface area contributed by atoms with Gasteiger partial charge < -0.3 is 9.84 Å². The van der Waals surface area contributed by atoms with Crippen molar-refractivity contribution < 1.29 is 8.91 Å². The van der Waals surface area contributed by atoms with Gasteiger partial charge in [-0.2, -0.15) is 4.98 Å². The normalized spacial score (nSPS) is 10.7. The predicted molar refractivity (Wildman–Crippen MR) is 83.5 cm³/mol. The molecule has 0 aliphatic rings. The SMILES string of the molecule is Fc1ccc(-c2noc(CCCNc3cncc(Cl)n3)n2)cc1. The van der Waals surface area contributed by atoms with E-state index in [1.165, 1.54) is 18.3 Å². The van der Waals surface area contributed by atoms with E-state index < -0.39 is 0 Å². The average Bonchev–Trinajstić information content (AvgIpc) is 3.01. The Labute approximate surface area is 136 Å². The Balaban J connectivity index is 1.50. The van der Waals surface area contributed by atoms with Crippen molar-refractivity contribution in [3.63, 3.8) is 0 Å². The summed E-state index contributed by atoms with van der Waals surface area (Å²) >= 11 is 5.75. The summed E-state index contributed by atoms with van der Waals surface area (Å²) in [6, 6.07) is 5.95. The highest BCUT2D eigenvalue weighted by Crippen LogP contribution is 2.16. The molecule has 6 nitrogen and oxygen atoms in total. The van der Waals surface area contributed by atoms with Gasteiger partial charge in [-0.15, -0.1) is 0 Å². The number of rotatable bonds is 6. The fourth-order valence-electron chi connectivity index (χ4n) is 1.96. The van der Waals surface area contributed by atoms with Crippen molar-refractivity contribution in [2.75, 3.05) is 11.9 Å². The third kappa shape index (κ3) is 4.23. The monoisotopic (exact) mass is 333 g/mol. The Morgan fingerprint density at radius 2 is 1.96 bits per heavy atom. The average molecular weight is 334 g/mol. The lowest BCUT2D eigenvalue weighted by Gasteiger charge is -2.03. The Morgan fingerprint density at radius 1 is 1.13 bits per heavy atom. The van der Waals surface area contributed by atoms with Crippen LogP contribution in [0.4, 0.5) is 10.2 Å². The minimum absolute atomic E-state index is 0.298. The van der Waals surface area contributed by atoms with Gasteiger partial charge in [0.2, 0.25) is 11.7 Å². The largest absolute Gasteiger partial charge is 0.369 e. The summed E-state index contributed by atoms with van der Waals surface area (Å²) in [6.07, 6.45) is 4.47. The molecule has 0 unspecified atom stereocenters. The van der Waals surface area contributed by atoms with E-state index >= 15 is 0 Å². The summed E-state index contributed by atoms with van der Waals surface area (Å²) in [4.78, 5) is 12.3. The quantitative estimate of drug-likeness (QED) is 0.697. The highest BCUT2D eigenvalue weighted by atomic mass is 35.5. The number of hydrogen-bond acceptors (Lipinski definition) is 6. The standard InChI is InChI=1S/C15H13ClFN5O/c16-12-8-18-9-13(20-12)19-7-1-2-14-21-15(22-23-14)10-3-5-11(17)6-4-10/h3-6,8-9H,1-2,7H2,(H,19,20). The van der Waals surface area contributed by atoms with Crippen molar-refractivity contribution in [1.82, 2.24) is 20.1 Å². The molecular weight excluding hydrogens is 321 g/mol. The number of nitrogens with zero attached hydrogens (tertiary/aromatic N) is 4. The first-order valence-electron chi connectivity index (χ1n) is 7.00. The molecule has 8 heteroatoms. The topological polar surface area (TPSA) is 76.7 Å². The van der Waals surface area contributed by atoms with Crippen LogP contribution in [-0.2, 0) is 6.42 Å². The van der Waals surface area contributed by atoms with E-state index in [1.807, 2.05) is 0 Å². The Hall–Kier alpha value is -2.54. The van der Waals surface area contributed by atoms with Crippen LogP contribution in [0.2, 0.25) is 5.15 Å². The van der Waals surface area contributed by atoms with Crippen molar-refractivity contribution >= 4 is 17.4 Å². The molecular formula is C15H13ClFN5O. The maximum Gasteiger partial charge on any atom is 0.227 e. The van der Waals surface area contributed by atoms with Crippen LogP contribution in [0.3, 0.4) is 0 Å². The van der Waals surface area contributed by atoms with Crippen LogP contribution < -0.4 is 5.32 Å². The molecule has 0 aliphatic carbocycles. The van der Waals surface area contributed by atoms with E-state index in [-0.39, 0.29) is 5.82 Å². The number of benzene rings is 1. The van der Waals surface area contributed by atoms with Crippen LogP contribution in [0.25, 0.3) is 11.4 Å². The lowest BCUT2D eigenvalue weighted by Crippen LogP contribution is -2.05. The molecule has 3 aromatic rings. The number of aryl methyl sites for hydroxylation is 1. The van der Waals surface area contributed by atoms with E-state index in [0.29, 0.717) is 41.2 Å². The molecule has 0 spiro atoms. The zero-order chi connectivity index (χ0) is 16.1. The summed E-state index contributed by atoms with van der Waals surface area (Å²) < 4.78 is 18.1. The Kier molecular flexibility index (Phi) is 4.77. The maximum atomic E-state index is 12.9. The Bertz CT molecular complexity index is 778. The van der Waals surface area contributed by atoms with E-state index in [2.05, 4.69) is 25.4 Å². The summed E-state index contributed by atoms with van der Waals surface area (Å²) in [5, 5.41) is 7.35. The molecule has 1 N–H and O–H groups in total. The molecule has 2 aromatic heterocycles. The van der Waals surface area contributed by atoms with Gasteiger partial charge in [-0.25, -0.2) is 9.37 Å². The van der Waals surface area contributed by atoms with Crippen molar-refractivity contribution in [2.24, 2.45) is 0 Å². The van der Waals surface area contributed by atoms with Crippen molar-refractivity contribution in [1.29, 1.82) is 0 Å². The van der Waals surface area contributed by atoms with Crippen LogP contribution in [-0.4, -0.2) is 26.7 Å². The van der Waals surface area contributed by atoms with Crippen LogP contribution in [0, 0.1) is 5.82 Å². The van der Waals surface area contributed by atoms with Gasteiger partial charge in [-0.3, -0.25) is 4.98 Å². The van der Waals surface area contributed by atoms with Gasteiger partial charge in [-0.05, 0) is 30.7 Å². The zero-order valence-electron chi connectivity index (χ0n) is 12.0. The minimum atomic E-state index is -0.298. The van der Waals surface area contributed by atoms with Gasteiger partial charge in [0.25, 0.3) is 0 Å². The summed E-state index contributed by atoms with van der Waals surface area (Å²) in [7, 11) is 0. The molecule has 0 fully saturated rings. The highest BCUT2D eigenvalue weighted by Gasteiger charge is 2.08. The smallest absolute Gasteiger partial charge is 0.227 e. The first kappa shape index (κ1) is 15.4. The molecule has 3 rings (SSSR count). The summed E-state index contributed by atoms with van der Waals surface area (Å²) in [5.74, 6) is 1.31. The number of aromatic nitrogens is 4. The molecule has 118 valence electrons. The summed E-state index contributed by atoms with van der Waals surface area (Å²) in [5.41, 5.74) is 0.716. The minimum Gasteiger partial charge on any atom is -0.369 e. The van der Waals surface area contributed by atoms with Gasteiger partial charge in [0.05, 0.1) is 12.4 Å². The third-order valence-corrected chi connectivity index (χ3v) is 3.23. The fraction of sp³-hybridized carbons (Fsp3) is 0.200. The van der Waals surface area contributed by atoms with Crippen LogP contribution in [0.5, 0.6) is 0 Å². The first-order chi connectivity index (χ1) is 11.2. The maximum absolute atomic E-state index is 12.9. The molecule has 0 saturated heterocycles. The molecule has 0 atom stereocenters. The van der Waals surface area contributed by atoms with Gasteiger partial charge in [0.15, 0.2) is 0 Å². The molecule has 0 bridgehead atoms. The van der Waals surface area contributed by atoms with Crippen molar-refractivity contribution in [3.8, 4) is 11.4 Å². The second kappa shape index (κ2) is 7.15. The second-order valence-electron chi connectivity index (χ2n) is 4.78. The first-order valence-corrected chi connectivity index (χ1v) is 7.38. The summed E-state index contributed by atoms with van der Waals surface area (Å²) in [6.45, 7) is 0.670. The van der Waals surface area contributed by atoms with Gasteiger partial charge in [-0.1, -0.05) is 16.8 Å². The van der Waals surface area contributed by atoms with Crippen LogP contribution in [0.15, 0.2) is 41.2 Å². The highest BCUT2D eigenvalue weighted by molar-refractivity contribution is 6.29. The molecule has 0 amide bonds. The number of anilines is 1. The molecule has 0 aliphatic heterocycles. The third-order valence-electron chi connectivity index (χ3n) is 3.05. The zero-order valence-corrected chi connectivity index (χ0v) is 12.8. The van der Waals surface area contributed by atoms with Crippen LogP contribution in [0.1, 0.15) is 12.3 Å². The molecule has 0 radical (unpaired) electrons.